The van der Waals surface area contributed by atoms with Crippen LogP contribution in [0.3, 0.4) is 0 Å². The van der Waals surface area contributed by atoms with Gasteiger partial charge >= 0.3 is 10.4 Å². The Morgan fingerprint density at radius 1 is 1.31 bits per heavy atom. The van der Waals surface area contributed by atoms with E-state index in [1.165, 1.54) is 0 Å². The van der Waals surface area contributed by atoms with Crippen LogP contribution in [0.4, 0.5) is 0 Å². The van der Waals surface area contributed by atoms with Crippen LogP contribution in [0, 0.1) is 0 Å². The van der Waals surface area contributed by atoms with E-state index < -0.39 is 16.0 Å². The molecule has 4 nitrogen and oxygen atoms in total. The summed E-state index contributed by atoms with van der Waals surface area (Å²) < 4.78 is 32.0. The van der Waals surface area contributed by atoms with Crippen LogP contribution in [0.5, 0.6) is 0 Å². The zero-order valence-electron chi connectivity index (χ0n) is 9.94. The minimum absolute atomic E-state index is 0.458. The van der Waals surface area contributed by atoms with Crippen molar-refractivity contribution in [1.29, 1.82) is 0 Å². The molecular weight excluding hydrogens is 228 g/mol. The van der Waals surface area contributed by atoms with Crippen molar-refractivity contribution in [3.63, 3.8) is 0 Å². The molecule has 5 heteroatoms. The molecule has 0 saturated heterocycles. The third-order valence-electron chi connectivity index (χ3n) is 2.45. The highest BCUT2D eigenvalue weighted by Gasteiger charge is 2.33. The predicted octanol–water partition coefficient (Wildman–Crippen LogP) is 2.59. The van der Waals surface area contributed by atoms with E-state index in [2.05, 4.69) is 17.3 Å². The Morgan fingerprint density at radius 2 is 1.94 bits per heavy atom. The van der Waals surface area contributed by atoms with E-state index >= 15 is 0 Å². The van der Waals surface area contributed by atoms with Gasteiger partial charge in [-0.05, 0) is 25.7 Å². The highest BCUT2D eigenvalue weighted by Crippen LogP contribution is 2.29. The van der Waals surface area contributed by atoms with Crippen molar-refractivity contribution in [2.45, 2.75) is 38.2 Å². The lowest BCUT2D eigenvalue weighted by molar-refractivity contribution is 0.0489. The molecule has 0 aromatic carbocycles. The van der Waals surface area contributed by atoms with E-state index in [-0.39, 0.29) is 0 Å². The van der Waals surface area contributed by atoms with Gasteiger partial charge in [0.15, 0.2) is 0 Å². The molecule has 0 aromatic rings. The first kappa shape index (κ1) is 15.3. The van der Waals surface area contributed by atoms with Crippen molar-refractivity contribution in [1.82, 2.24) is 0 Å². The zero-order chi connectivity index (χ0) is 12.7. The van der Waals surface area contributed by atoms with Crippen molar-refractivity contribution >= 4 is 10.4 Å². The maximum Gasteiger partial charge on any atom is 0.400 e. The van der Waals surface area contributed by atoms with Crippen LogP contribution in [0.2, 0.25) is 0 Å². The molecule has 0 saturated carbocycles. The van der Waals surface area contributed by atoms with Crippen LogP contribution < -0.4 is 0 Å². The molecule has 0 aliphatic heterocycles. The fourth-order valence-corrected chi connectivity index (χ4v) is 2.21. The van der Waals surface area contributed by atoms with Crippen molar-refractivity contribution in [2.75, 3.05) is 7.11 Å². The fraction of sp³-hybridized carbons (Fsp3) is 0.636. The monoisotopic (exact) mass is 248 g/mol. The normalized spacial score (nSPS) is 15.4. The van der Waals surface area contributed by atoms with E-state index in [4.69, 9.17) is 4.18 Å². The lowest BCUT2D eigenvalue weighted by Crippen LogP contribution is -2.34. The van der Waals surface area contributed by atoms with Crippen molar-refractivity contribution in [3.8, 4) is 0 Å². The molecular formula is C11H20O4S. The first-order valence-corrected chi connectivity index (χ1v) is 6.51. The van der Waals surface area contributed by atoms with E-state index in [0.717, 1.165) is 7.11 Å². The van der Waals surface area contributed by atoms with Crippen LogP contribution in [-0.4, -0.2) is 21.1 Å². The molecule has 94 valence electrons. The topological polar surface area (TPSA) is 52.6 Å². The summed E-state index contributed by atoms with van der Waals surface area (Å²) in [4.78, 5) is 0. The Labute approximate surface area is 98.3 Å². The summed E-state index contributed by atoms with van der Waals surface area (Å²) in [6, 6.07) is 0. The van der Waals surface area contributed by atoms with Crippen molar-refractivity contribution in [3.05, 3.63) is 25.3 Å². The summed E-state index contributed by atoms with van der Waals surface area (Å²) in [6.45, 7) is 9.10. The van der Waals surface area contributed by atoms with Gasteiger partial charge in [-0.15, -0.1) is 13.2 Å². The Bertz CT molecular complexity index is 321. The summed E-state index contributed by atoms with van der Waals surface area (Å²) >= 11 is 0. The minimum atomic E-state index is -3.92. The summed E-state index contributed by atoms with van der Waals surface area (Å²) in [5.41, 5.74) is -0.773. The molecule has 0 amide bonds. The lowest BCUT2D eigenvalue weighted by atomic mass is 9.91. The zero-order valence-corrected chi connectivity index (χ0v) is 10.8. The molecule has 0 N–H and O–H groups in total. The van der Waals surface area contributed by atoms with Gasteiger partial charge in [0.2, 0.25) is 0 Å². The van der Waals surface area contributed by atoms with Gasteiger partial charge in [-0.3, -0.25) is 4.18 Å². The molecule has 0 aliphatic carbocycles. The van der Waals surface area contributed by atoms with E-state index in [9.17, 15) is 8.42 Å². The van der Waals surface area contributed by atoms with Crippen LogP contribution in [0.15, 0.2) is 25.3 Å². The lowest BCUT2D eigenvalue weighted by Gasteiger charge is -2.30. The molecule has 0 aliphatic rings. The highest BCUT2D eigenvalue weighted by atomic mass is 32.3. The van der Waals surface area contributed by atoms with Gasteiger partial charge in [0.1, 0.15) is 0 Å². The molecule has 0 rings (SSSR count). The quantitative estimate of drug-likeness (QED) is 0.588. The van der Waals surface area contributed by atoms with Gasteiger partial charge in [-0.25, -0.2) is 4.18 Å². The van der Waals surface area contributed by atoms with Crippen molar-refractivity contribution < 1.29 is 16.8 Å². The van der Waals surface area contributed by atoms with Gasteiger partial charge in [0, 0.05) is 0 Å². The second kappa shape index (κ2) is 6.83. The summed E-state index contributed by atoms with van der Waals surface area (Å²) in [5, 5.41) is 0. The SMILES string of the molecule is C=CCCC(CC)(CC=C)OS(=O)(=O)OC. The average Bonchev–Trinajstić information content (AvgIpc) is 2.26. The molecule has 16 heavy (non-hydrogen) atoms. The van der Waals surface area contributed by atoms with Crippen LogP contribution >= 0.6 is 0 Å². The molecule has 1 unspecified atom stereocenters. The molecule has 0 spiro atoms. The van der Waals surface area contributed by atoms with Gasteiger partial charge in [0.05, 0.1) is 12.7 Å². The molecule has 0 radical (unpaired) electrons. The predicted molar refractivity (Wildman–Crippen MR) is 64.3 cm³/mol. The Morgan fingerprint density at radius 3 is 2.31 bits per heavy atom. The number of rotatable bonds is 9. The van der Waals surface area contributed by atoms with Crippen LogP contribution in [0.25, 0.3) is 0 Å². The molecule has 0 heterocycles. The average molecular weight is 248 g/mol. The molecule has 0 aromatic heterocycles. The molecule has 1 atom stereocenters. The third-order valence-corrected chi connectivity index (χ3v) is 3.41. The first-order valence-electron chi connectivity index (χ1n) is 5.18. The van der Waals surface area contributed by atoms with Gasteiger partial charge < -0.3 is 0 Å². The largest absolute Gasteiger partial charge is 0.400 e. The fourth-order valence-electron chi connectivity index (χ4n) is 1.44. The van der Waals surface area contributed by atoms with E-state index in [1.54, 1.807) is 12.2 Å². The van der Waals surface area contributed by atoms with E-state index in [1.807, 2.05) is 6.92 Å². The summed E-state index contributed by atoms with van der Waals surface area (Å²) in [5.74, 6) is 0. The smallest absolute Gasteiger partial charge is 0.252 e. The molecule has 0 bridgehead atoms. The number of allylic oxidation sites excluding steroid dienone is 1. The van der Waals surface area contributed by atoms with Crippen LogP contribution in [-0.2, 0) is 18.8 Å². The minimum Gasteiger partial charge on any atom is -0.252 e. The van der Waals surface area contributed by atoms with Gasteiger partial charge in [-0.1, -0.05) is 19.1 Å². The van der Waals surface area contributed by atoms with Crippen molar-refractivity contribution in [2.24, 2.45) is 0 Å². The summed E-state index contributed by atoms with van der Waals surface area (Å²) in [7, 11) is -2.84. The second-order valence-corrected chi connectivity index (χ2v) is 4.83. The van der Waals surface area contributed by atoms with Gasteiger partial charge in [-0.2, -0.15) is 8.42 Å². The number of hydrogen-bond acceptors (Lipinski definition) is 4. The molecule has 0 fully saturated rings. The Balaban J connectivity index is 4.87. The van der Waals surface area contributed by atoms with E-state index in [0.29, 0.717) is 25.7 Å². The second-order valence-electron chi connectivity index (χ2n) is 3.51. The van der Waals surface area contributed by atoms with Gasteiger partial charge in [0.25, 0.3) is 0 Å². The van der Waals surface area contributed by atoms with Crippen LogP contribution in [0.1, 0.15) is 32.6 Å². The third kappa shape index (κ3) is 4.92. The number of hydrogen-bond donors (Lipinski definition) is 0. The Hall–Kier alpha value is -0.650. The highest BCUT2D eigenvalue weighted by molar-refractivity contribution is 7.81. The maximum absolute atomic E-state index is 11.3. The summed E-state index contributed by atoms with van der Waals surface area (Å²) in [6.07, 6.45) is 5.66. The first-order chi connectivity index (χ1) is 7.45. The standard InChI is InChI=1S/C11H20O4S/c1-5-8-10-11(7-3,9-6-2)15-16(12,13)14-4/h5-6H,1-2,7-10H2,3-4H3. The maximum atomic E-state index is 11.3. The Kier molecular flexibility index (Phi) is 6.55.